The summed E-state index contributed by atoms with van der Waals surface area (Å²) in [5, 5.41) is 0.199. The average molecular weight is 325 g/mol. The average Bonchev–Trinajstić information content (AvgIpc) is 2.32. The maximum absolute atomic E-state index is 12.2. The molecule has 1 aromatic rings. The Hall–Kier alpha value is -0.400. The first kappa shape index (κ1) is 15.0. The Bertz CT molecular complexity index is 565. The summed E-state index contributed by atoms with van der Waals surface area (Å²) < 4.78 is 32.4. The van der Waals surface area contributed by atoms with E-state index in [9.17, 15) is 8.42 Å². The summed E-state index contributed by atoms with van der Waals surface area (Å²) in [7, 11) is -3.63. The Balaban J connectivity index is 2.15. The van der Waals surface area contributed by atoms with Crippen molar-refractivity contribution in [2.24, 2.45) is 0 Å². The summed E-state index contributed by atoms with van der Waals surface area (Å²) in [6.07, 6.45) is 2.54. The van der Waals surface area contributed by atoms with E-state index in [0.29, 0.717) is 19.4 Å². The van der Waals surface area contributed by atoms with Gasteiger partial charge in [0, 0.05) is 18.8 Å². The zero-order valence-corrected chi connectivity index (χ0v) is 12.6. The van der Waals surface area contributed by atoms with Gasteiger partial charge in [-0.15, -0.1) is 0 Å². The van der Waals surface area contributed by atoms with Crippen molar-refractivity contribution in [2.45, 2.75) is 36.8 Å². The van der Waals surface area contributed by atoms with E-state index in [0.717, 1.165) is 0 Å². The molecule has 0 aliphatic carbocycles. The van der Waals surface area contributed by atoms with Gasteiger partial charge in [-0.1, -0.05) is 23.2 Å². The fourth-order valence-corrected chi connectivity index (χ4v) is 3.53. The van der Waals surface area contributed by atoms with Crippen molar-refractivity contribution < 1.29 is 13.2 Å². The highest BCUT2D eigenvalue weighted by molar-refractivity contribution is 7.89. The summed E-state index contributed by atoms with van der Waals surface area (Å²) in [6.45, 7) is 2.47. The van der Waals surface area contributed by atoms with Crippen LogP contribution in [0, 0.1) is 0 Å². The van der Waals surface area contributed by atoms with Gasteiger partial charge in [-0.2, -0.15) is 0 Å². The molecule has 8 heteroatoms. The van der Waals surface area contributed by atoms with Crippen LogP contribution in [0.15, 0.2) is 17.2 Å². The molecule has 1 N–H and O–H groups in total. The Morgan fingerprint density at radius 2 is 2.21 bits per heavy atom. The van der Waals surface area contributed by atoms with Crippen LogP contribution in [0.3, 0.4) is 0 Å². The molecule has 1 fully saturated rings. The lowest BCUT2D eigenvalue weighted by Gasteiger charge is -2.27. The third-order valence-corrected chi connectivity index (χ3v) is 5.06. The smallest absolute Gasteiger partial charge is 0.242 e. The Morgan fingerprint density at radius 1 is 1.47 bits per heavy atom. The molecular weight excluding hydrogens is 311 g/mol. The maximum Gasteiger partial charge on any atom is 0.242 e. The molecule has 1 saturated heterocycles. The molecule has 2 heterocycles. The summed E-state index contributed by atoms with van der Waals surface area (Å²) >= 11 is 11.4. The lowest BCUT2D eigenvalue weighted by atomic mass is 10.1. The molecule has 2 atom stereocenters. The number of halogens is 2. The van der Waals surface area contributed by atoms with E-state index >= 15 is 0 Å². The molecular formula is C11H14Cl2N2O3S. The van der Waals surface area contributed by atoms with Crippen molar-refractivity contribution in [3.05, 3.63) is 22.4 Å². The van der Waals surface area contributed by atoms with Gasteiger partial charge >= 0.3 is 0 Å². The fraction of sp³-hybridized carbons (Fsp3) is 0.545. The van der Waals surface area contributed by atoms with E-state index in [1.165, 1.54) is 12.3 Å². The van der Waals surface area contributed by atoms with Crippen molar-refractivity contribution in [1.29, 1.82) is 0 Å². The van der Waals surface area contributed by atoms with Crippen LogP contribution in [0.1, 0.15) is 19.8 Å². The second kappa shape index (κ2) is 5.93. The highest BCUT2D eigenvalue weighted by Crippen LogP contribution is 2.23. The van der Waals surface area contributed by atoms with Gasteiger partial charge in [0.2, 0.25) is 10.0 Å². The predicted octanol–water partition coefficient (Wildman–Crippen LogP) is 2.23. The number of nitrogens with one attached hydrogen (secondary N) is 1. The molecule has 5 nitrogen and oxygen atoms in total. The fourth-order valence-electron chi connectivity index (χ4n) is 1.94. The summed E-state index contributed by atoms with van der Waals surface area (Å²) in [5.41, 5.74) is 0. The monoisotopic (exact) mass is 324 g/mol. The molecule has 0 spiro atoms. The highest BCUT2D eigenvalue weighted by Gasteiger charge is 2.25. The van der Waals surface area contributed by atoms with E-state index in [1.807, 2.05) is 6.92 Å². The molecule has 0 aromatic carbocycles. The maximum atomic E-state index is 12.2. The van der Waals surface area contributed by atoms with Crippen molar-refractivity contribution in [3.8, 4) is 0 Å². The zero-order valence-electron chi connectivity index (χ0n) is 10.3. The minimum atomic E-state index is -3.63. The van der Waals surface area contributed by atoms with E-state index in [2.05, 4.69) is 9.71 Å². The van der Waals surface area contributed by atoms with Crippen molar-refractivity contribution >= 4 is 33.2 Å². The number of sulfonamides is 1. The summed E-state index contributed by atoms with van der Waals surface area (Å²) in [5.74, 6) is 0. The van der Waals surface area contributed by atoms with Crippen LogP contribution >= 0.6 is 23.2 Å². The number of nitrogens with zero attached hydrogens (tertiary/aromatic N) is 1. The Labute approximate surface area is 122 Å². The van der Waals surface area contributed by atoms with Crippen LogP contribution in [-0.2, 0) is 14.8 Å². The van der Waals surface area contributed by atoms with Crippen LogP contribution in [0.2, 0.25) is 10.2 Å². The Kier molecular flexibility index (Phi) is 4.68. The minimum Gasteiger partial charge on any atom is -0.378 e. The number of ether oxygens (including phenoxy) is 1. The SMILES string of the molecule is CC1CC(NS(=O)(=O)c2cnc(Cl)c(Cl)c2)CCO1. The molecule has 2 unspecified atom stereocenters. The number of hydrogen-bond donors (Lipinski definition) is 1. The van der Waals surface area contributed by atoms with E-state index in [1.54, 1.807) is 0 Å². The number of hydrogen-bond acceptors (Lipinski definition) is 4. The van der Waals surface area contributed by atoms with Crippen molar-refractivity contribution in [2.75, 3.05) is 6.61 Å². The van der Waals surface area contributed by atoms with Crippen LogP contribution < -0.4 is 4.72 Å². The first-order valence-electron chi connectivity index (χ1n) is 5.83. The Morgan fingerprint density at radius 3 is 2.84 bits per heavy atom. The van der Waals surface area contributed by atoms with Gasteiger partial charge in [-0.3, -0.25) is 0 Å². The second-order valence-electron chi connectivity index (χ2n) is 4.47. The predicted molar refractivity (Wildman–Crippen MR) is 73.0 cm³/mol. The molecule has 0 saturated carbocycles. The molecule has 0 bridgehead atoms. The van der Waals surface area contributed by atoms with Gasteiger partial charge in [0.05, 0.1) is 11.1 Å². The first-order valence-corrected chi connectivity index (χ1v) is 8.07. The van der Waals surface area contributed by atoms with Gasteiger partial charge in [0.25, 0.3) is 0 Å². The van der Waals surface area contributed by atoms with Gasteiger partial charge < -0.3 is 4.74 Å². The topological polar surface area (TPSA) is 68.3 Å². The van der Waals surface area contributed by atoms with Gasteiger partial charge in [0.1, 0.15) is 10.0 Å². The van der Waals surface area contributed by atoms with Crippen molar-refractivity contribution in [1.82, 2.24) is 9.71 Å². The zero-order chi connectivity index (χ0) is 14.0. The minimum absolute atomic E-state index is 0.0149. The van der Waals surface area contributed by atoms with Crippen LogP contribution in [-0.4, -0.2) is 32.2 Å². The number of pyridine rings is 1. The molecule has 0 radical (unpaired) electrons. The van der Waals surface area contributed by atoms with Crippen LogP contribution in [0.5, 0.6) is 0 Å². The molecule has 1 aliphatic rings. The highest BCUT2D eigenvalue weighted by atomic mass is 35.5. The largest absolute Gasteiger partial charge is 0.378 e. The molecule has 0 amide bonds. The molecule has 1 aromatic heterocycles. The van der Waals surface area contributed by atoms with E-state index in [-0.39, 0.29) is 27.2 Å². The second-order valence-corrected chi connectivity index (χ2v) is 6.95. The van der Waals surface area contributed by atoms with E-state index in [4.69, 9.17) is 27.9 Å². The molecule has 19 heavy (non-hydrogen) atoms. The number of rotatable bonds is 3. The molecule has 106 valence electrons. The van der Waals surface area contributed by atoms with Crippen molar-refractivity contribution in [3.63, 3.8) is 0 Å². The summed E-state index contributed by atoms with van der Waals surface area (Å²) in [6, 6.07) is 1.16. The van der Waals surface area contributed by atoms with Crippen LogP contribution in [0.25, 0.3) is 0 Å². The third-order valence-electron chi connectivity index (χ3n) is 2.89. The summed E-state index contributed by atoms with van der Waals surface area (Å²) in [4.78, 5) is 3.76. The quantitative estimate of drug-likeness (QED) is 0.866. The molecule has 2 rings (SSSR count). The van der Waals surface area contributed by atoms with Crippen LogP contribution in [0.4, 0.5) is 0 Å². The third kappa shape index (κ3) is 3.79. The number of aromatic nitrogens is 1. The first-order chi connectivity index (χ1) is 8.88. The lowest BCUT2D eigenvalue weighted by Crippen LogP contribution is -2.41. The molecule has 1 aliphatic heterocycles. The standard InChI is InChI=1S/C11H14Cl2N2O3S/c1-7-4-8(2-3-18-7)15-19(16,17)9-5-10(12)11(13)14-6-9/h5-8,15H,2-4H2,1H3. The van der Waals surface area contributed by atoms with E-state index < -0.39 is 10.0 Å². The van der Waals surface area contributed by atoms with Gasteiger partial charge in [-0.25, -0.2) is 18.1 Å². The van der Waals surface area contributed by atoms with Gasteiger partial charge in [-0.05, 0) is 25.8 Å². The normalized spacial score (nSPS) is 24.4. The lowest BCUT2D eigenvalue weighted by molar-refractivity contribution is 0.0173. The van der Waals surface area contributed by atoms with Gasteiger partial charge in [0.15, 0.2) is 0 Å².